The van der Waals surface area contributed by atoms with Gasteiger partial charge in [0.25, 0.3) is 0 Å². The molecule has 0 fully saturated rings. The van der Waals surface area contributed by atoms with Crippen molar-refractivity contribution in [2.24, 2.45) is 17.8 Å². The summed E-state index contributed by atoms with van der Waals surface area (Å²) in [5, 5.41) is 3.50. The summed E-state index contributed by atoms with van der Waals surface area (Å²) >= 11 is 0. The number of rotatable bonds is 6. The second-order valence-corrected chi connectivity index (χ2v) is 5.17. The summed E-state index contributed by atoms with van der Waals surface area (Å²) < 4.78 is 0. The SMILES string of the molecule is CC(C)C=C(CNCC(C)C)C(C)C. The van der Waals surface area contributed by atoms with E-state index in [2.05, 4.69) is 52.9 Å². The summed E-state index contributed by atoms with van der Waals surface area (Å²) in [6, 6.07) is 0. The lowest BCUT2D eigenvalue weighted by molar-refractivity contribution is 0.554. The molecule has 0 atom stereocenters. The highest BCUT2D eigenvalue weighted by Crippen LogP contribution is 2.11. The van der Waals surface area contributed by atoms with Crippen LogP contribution in [0.5, 0.6) is 0 Å². The summed E-state index contributed by atoms with van der Waals surface area (Å²) in [4.78, 5) is 0. The van der Waals surface area contributed by atoms with Crippen molar-refractivity contribution < 1.29 is 0 Å². The van der Waals surface area contributed by atoms with Gasteiger partial charge < -0.3 is 5.32 Å². The van der Waals surface area contributed by atoms with E-state index in [0.717, 1.165) is 19.0 Å². The highest BCUT2D eigenvalue weighted by molar-refractivity contribution is 5.08. The summed E-state index contributed by atoms with van der Waals surface area (Å²) in [5.74, 6) is 2.06. The molecular weight excluding hydrogens is 170 g/mol. The van der Waals surface area contributed by atoms with Gasteiger partial charge in [-0.25, -0.2) is 0 Å². The number of hydrogen-bond acceptors (Lipinski definition) is 1. The van der Waals surface area contributed by atoms with Gasteiger partial charge in [-0.05, 0) is 24.3 Å². The number of nitrogens with one attached hydrogen (secondary N) is 1. The van der Waals surface area contributed by atoms with E-state index in [1.54, 1.807) is 5.57 Å². The lowest BCUT2D eigenvalue weighted by Crippen LogP contribution is -2.23. The monoisotopic (exact) mass is 197 g/mol. The van der Waals surface area contributed by atoms with Gasteiger partial charge in [0, 0.05) is 6.54 Å². The molecule has 0 aliphatic heterocycles. The van der Waals surface area contributed by atoms with Gasteiger partial charge >= 0.3 is 0 Å². The van der Waals surface area contributed by atoms with Crippen molar-refractivity contribution in [2.45, 2.75) is 41.5 Å². The quantitative estimate of drug-likeness (QED) is 0.643. The van der Waals surface area contributed by atoms with E-state index in [1.165, 1.54) is 0 Å². The molecule has 0 aromatic carbocycles. The Balaban J connectivity index is 3.99. The fraction of sp³-hybridized carbons (Fsp3) is 0.846. The van der Waals surface area contributed by atoms with Crippen LogP contribution in [0.3, 0.4) is 0 Å². The highest BCUT2D eigenvalue weighted by Gasteiger charge is 2.04. The largest absolute Gasteiger partial charge is 0.313 e. The molecule has 14 heavy (non-hydrogen) atoms. The lowest BCUT2D eigenvalue weighted by atomic mass is 9.99. The van der Waals surface area contributed by atoms with Crippen LogP contribution in [0.25, 0.3) is 0 Å². The maximum atomic E-state index is 3.50. The van der Waals surface area contributed by atoms with Crippen molar-refractivity contribution in [3.63, 3.8) is 0 Å². The zero-order chi connectivity index (χ0) is 11.1. The molecule has 0 aromatic rings. The fourth-order valence-electron chi connectivity index (χ4n) is 1.39. The molecule has 84 valence electrons. The number of hydrogen-bond donors (Lipinski definition) is 1. The molecule has 1 N–H and O–H groups in total. The minimum absolute atomic E-state index is 0.660. The normalized spacial score (nSPS) is 13.4. The van der Waals surface area contributed by atoms with E-state index in [-0.39, 0.29) is 0 Å². The molecule has 0 aliphatic rings. The zero-order valence-electron chi connectivity index (χ0n) is 10.7. The molecule has 0 aliphatic carbocycles. The Bertz CT molecular complexity index is 166. The van der Waals surface area contributed by atoms with Crippen LogP contribution < -0.4 is 5.32 Å². The molecule has 0 aromatic heterocycles. The van der Waals surface area contributed by atoms with E-state index in [0.29, 0.717) is 11.8 Å². The van der Waals surface area contributed by atoms with Crippen LogP contribution >= 0.6 is 0 Å². The smallest absolute Gasteiger partial charge is 0.0167 e. The van der Waals surface area contributed by atoms with Gasteiger partial charge in [-0.2, -0.15) is 0 Å². The molecular formula is C13H27N. The van der Waals surface area contributed by atoms with Gasteiger partial charge in [-0.1, -0.05) is 53.2 Å². The summed E-state index contributed by atoms with van der Waals surface area (Å²) in [5.41, 5.74) is 1.54. The summed E-state index contributed by atoms with van der Waals surface area (Å²) in [7, 11) is 0. The molecule has 0 saturated carbocycles. The van der Waals surface area contributed by atoms with E-state index in [9.17, 15) is 0 Å². The Morgan fingerprint density at radius 1 is 1.07 bits per heavy atom. The molecule has 1 nitrogen and oxygen atoms in total. The van der Waals surface area contributed by atoms with Gasteiger partial charge in [0.1, 0.15) is 0 Å². The second-order valence-electron chi connectivity index (χ2n) is 5.17. The predicted octanol–water partition coefficient (Wildman–Crippen LogP) is 3.47. The average molecular weight is 197 g/mol. The average Bonchev–Trinajstić information content (AvgIpc) is 2.00. The first-order valence-electron chi connectivity index (χ1n) is 5.84. The van der Waals surface area contributed by atoms with Gasteiger partial charge in [0.05, 0.1) is 0 Å². The maximum Gasteiger partial charge on any atom is 0.0167 e. The first-order chi connectivity index (χ1) is 6.43. The Kier molecular flexibility index (Phi) is 6.90. The zero-order valence-corrected chi connectivity index (χ0v) is 10.7. The molecule has 0 amide bonds. The maximum absolute atomic E-state index is 3.50. The van der Waals surface area contributed by atoms with E-state index in [4.69, 9.17) is 0 Å². The van der Waals surface area contributed by atoms with Crippen molar-refractivity contribution in [3.05, 3.63) is 11.6 Å². The van der Waals surface area contributed by atoms with Crippen molar-refractivity contribution in [1.82, 2.24) is 5.32 Å². The topological polar surface area (TPSA) is 12.0 Å². The first kappa shape index (κ1) is 13.7. The van der Waals surface area contributed by atoms with Crippen LogP contribution in [0.2, 0.25) is 0 Å². The van der Waals surface area contributed by atoms with E-state index < -0.39 is 0 Å². The fourth-order valence-corrected chi connectivity index (χ4v) is 1.39. The summed E-state index contributed by atoms with van der Waals surface area (Å²) in [6.45, 7) is 15.7. The molecule has 0 radical (unpaired) electrons. The van der Waals surface area contributed by atoms with Gasteiger partial charge in [-0.3, -0.25) is 0 Å². The molecule has 0 rings (SSSR count). The molecule has 0 heterocycles. The highest BCUT2D eigenvalue weighted by atomic mass is 14.9. The van der Waals surface area contributed by atoms with Crippen LogP contribution in [0.4, 0.5) is 0 Å². The van der Waals surface area contributed by atoms with Crippen LogP contribution in [0.1, 0.15) is 41.5 Å². The van der Waals surface area contributed by atoms with Crippen molar-refractivity contribution in [3.8, 4) is 0 Å². The Morgan fingerprint density at radius 3 is 2.00 bits per heavy atom. The minimum atomic E-state index is 0.660. The first-order valence-corrected chi connectivity index (χ1v) is 5.84. The minimum Gasteiger partial charge on any atom is -0.313 e. The third kappa shape index (κ3) is 7.14. The Labute approximate surface area is 90.0 Å². The molecule has 0 spiro atoms. The molecule has 0 saturated heterocycles. The van der Waals surface area contributed by atoms with Crippen LogP contribution in [0.15, 0.2) is 11.6 Å². The van der Waals surface area contributed by atoms with Crippen LogP contribution in [0, 0.1) is 17.8 Å². The Morgan fingerprint density at radius 2 is 1.64 bits per heavy atom. The van der Waals surface area contributed by atoms with Crippen LogP contribution in [-0.2, 0) is 0 Å². The van der Waals surface area contributed by atoms with Gasteiger partial charge in [0.2, 0.25) is 0 Å². The van der Waals surface area contributed by atoms with Crippen LogP contribution in [-0.4, -0.2) is 13.1 Å². The lowest BCUT2D eigenvalue weighted by Gasteiger charge is -2.15. The van der Waals surface area contributed by atoms with Gasteiger partial charge in [0.15, 0.2) is 0 Å². The number of allylic oxidation sites excluding steroid dienone is 1. The van der Waals surface area contributed by atoms with Gasteiger partial charge in [-0.15, -0.1) is 0 Å². The Hall–Kier alpha value is -0.300. The molecule has 0 bridgehead atoms. The van der Waals surface area contributed by atoms with Crippen molar-refractivity contribution in [2.75, 3.05) is 13.1 Å². The molecule has 1 heteroatoms. The third-order valence-corrected chi connectivity index (χ3v) is 2.17. The van der Waals surface area contributed by atoms with E-state index in [1.807, 2.05) is 0 Å². The van der Waals surface area contributed by atoms with Crippen molar-refractivity contribution in [1.29, 1.82) is 0 Å². The molecule has 0 unspecified atom stereocenters. The third-order valence-electron chi connectivity index (χ3n) is 2.17. The van der Waals surface area contributed by atoms with Crippen molar-refractivity contribution >= 4 is 0 Å². The predicted molar refractivity (Wildman–Crippen MR) is 65.5 cm³/mol. The van der Waals surface area contributed by atoms with E-state index >= 15 is 0 Å². The summed E-state index contributed by atoms with van der Waals surface area (Å²) in [6.07, 6.45) is 2.39. The second kappa shape index (κ2) is 7.05. The standard InChI is InChI=1S/C13H27N/c1-10(2)7-13(12(5)6)9-14-8-11(3)4/h7,10-12,14H,8-9H2,1-6H3.